The highest BCUT2D eigenvalue weighted by Crippen LogP contribution is 2.49. The van der Waals surface area contributed by atoms with E-state index in [1.807, 2.05) is 0 Å². The van der Waals surface area contributed by atoms with Crippen LogP contribution in [0, 0.1) is 0 Å². The van der Waals surface area contributed by atoms with Gasteiger partial charge in [-0.2, -0.15) is 0 Å². The number of esters is 3. The van der Waals surface area contributed by atoms with Gasteiger partial charge in [0, 0.05) is 19.3 Å². The van der Waals surface area contributed by atoms with Gasteiger partial charge in [0.2, 0.25) is 0 Å². The molecule has 18 unspecified atom stereocenters. The van der Waals surface area contributed by atoms with Crippen molar-refractivity contribution in [3.05, 3.63) is 0 Å². The third-order valence-electron chi connectivity index (χ3n) is 19.4. The minimum absolute atomic E-state index is 0.0328. The molecule has 25 heteroatoms. The van der Waals surface area contributed by atoms with E-state index in [9.17, 15) is 74.9 Å². The molecule has 0 bridgehead atoms. The number of carbonyl (C=O) groups is 3. The molecule has 3 rings (SSSR count). The second-order valence-corrected chi connectivity index (χ2v) is 29.5. The molecule has 0 spiro atoms. The molecule has 1 aliphatic carbocycles. The molecule has 3 fully saturated rings. The van der Waals surface area contributed by atoms with Gasteiger partial charge in [-0.05, 0) is 19.3 Å². The highest BCUT2D eigenvalue weighted by atomic mass is 31.2. The number of carbonyl (C=O) groups excluding carboxylic acids is 3. The van der Waals surface area contributed by atoms with Gasteiger partial charge >= 0.3 is 25.7 Å². The van der Waals surface area contributed by atoms with E-state index in [4.69, 9.17) is 42.2 Å². The summed E-state index contributed by atoms with van der Waals surface area (Å²) in [5.41, 5.74) is 0. The Labute approximate surface area is 587 Å². The fraction of sp³-hybridized carbons (Fsp3) is 0.959. The molecule has 2 aliphatic heterocycles. The first kappa shape index (κ1) is 90.2. The summed E-state index contributed by atoms with van der Waals surface area (Å²) >= 11 is 0. The normalized spacial score (nSPS) is 27.6. The van der Waals surface area contributed by atoms with Crippen molar-refractivity contribution in [3.8, 4) is 0 Å². The molecule has 0 amide bonds. The molecule has 98 heavy (non-hydrogen) atoms. The average molecular weight is 1430 g/mol. The van der Waals surface area contributed by atoms with Crippen molar-refractivity contribution in [1.29, 1.82) is 0 Å². The smallest absolute Gasteiger partial charge is 0.463 e. The Balaban J connectivity index is 1.72. The van der Waals surface area contributed by atoms with Gasteiger partial charge in [-0.15, -0.1) is 0 Å². The second kappa shape index (κ2) is 55.4. The Kier molecular flexibility index (Phi) is 51.0. The van der Waals surface area contributed by atoms with Gasteiger partial charge in [-0.25, -0.2) is 4.57 Å². The number of aliphatic hydroxyl groups is 10. The molecular weight excluding hydrogens is 1290 g/mol. The number of hydrogen-bond acceptors (Lipinski definition) is 23. The number of phosphoric acid groups is 1. The van der Waals surface area contributed by atoms with E-state index in [0.29, 0.717) is 19.3 Å². The van der Waals surface area contributed by atoms with Crippen LogP contribution in [-0.2, 0) is 61.2 Å². The van der Waals surface area contributed by atoms with E-state index in [0.717, 1.165) is 89.9 Å². The van der Waals surface area contributed by atoms with Crippen LogP contribution in [0.4, 0.5) is 0 Å². The topological polar surface area (TPSA) is 374 Å². The number of aliphatic hydroxyl groups excluding tert-OH is 10. The first-order valence-corrected chi connectivity index (χ1v) is 40.3. The Hall–Kier alpha value is -2.04. The Bertz CT molecular complexity index is 2030. The van der Waals surface area contributed by atoms with Crippen molar-refractivity contribution in [2.45, 2.75) is 420 Å². The molecule has 2 heterocycles. The van der Waals surface area contributed by atoms with E-state index in [2.05, 4.69) is 20.8 Å². The molecule has 0 aromatic carbocycles. The van der Waals surface area contributed by atoms with Crippen LogP contribution in [0.15, 0.2) is 0 Å². The fourth-order valence-electron chi connectivity index (χ4n) is 13.1. The summed E-state index contributed by atoms with van der Waals surface area (Å²) in [5, 5.41) is 110. The molecule has 0 aromatic heterocycles. The largest absolute Gasteiger partial charge is 0.472 e. The molecule has 24 nitrogen and oxygen atoms in total. The van der Waals surface area contributed by atoms with Crippen molar-refractivity contribution >= 4 is 25.7 Å². The summed E-state index contributed by atoms with van der Waals surface area (Å²) < 4.78 is 65.1. The number of unbranched alkanes of at least 4 members (excludes halogenated alkanes) is 40. The van der Waals surface area contributed by atoms with Crippen LogP contribution < -0.4 is 0 Å². The maximum atomic E-state index is 14.3. The third-order valence-corrected chi connectivity index (χ3v) is 20.4. The minimum Gasteiger partial charge on any atom is -0.463 e. The summed E-state index contributed by atoms with van der Waals surface area (Å²) in [4.78, 5) is 51.0. The molecule has 578 valence electrons. The number of ether oxygens (including phenoxy) is 7. The lowest BCUT2D eigenvalue weighted by Gasteiger charge is -2.49. The van der Waals surface area contributed by atoms with E-state index in [-0.39, 0.29) is 19.3 Å². The zero-order chi connectivity index (χ0) is 71.8. The Morgan fingerprint density at radius 1 is 0.357 bits per heavy atom. The van der Waals surface area contributed by atoms with Crippen molar-refractivity contribution in [3.63, 3.8) is 0 Å². The molecule has 18 atom stereocenters. The number of hydrogen-bond donors (Lipinski definition) is 11. The molecule has 11 N–H and O–H groups in total. The predicted molar refractivity (Wildman–Crippen MR) is 370 cm³/mol. The van der Waals surface area contributed by atoms with Crippen LogP contribution >= 0.6 is 7.82 Å². The summed E-state index contributed by atoms with van der Waals surface area (Å²) in [6.45, 7) is 3.47. The summed E-state index contributed by atoms with van der Waals surface area (Å²) in [5.74, 6) is -1.97. The highest BCUT2D eigenvalue weighted by Gasteiger charge is 2.58. The van der Waals surface area contributed by atoms with Gasteiger partial charge in [-0.3, -0.25) is 23.4 Å². The zero-order valence-corrected chi connectivity index (χ0v) is 61.2. The zero-order valence-electron chi connectivity index (χ0n) is 60.3. The lowest BCUT2D eigenvalue weighted by molar-refractivity contribution is -0.360. The standard InChI is InChI=1S/C73H137O24P/c1-4-7-10-13-16-19-22-24-26-27-29-30-33-36-38-41-44-47-57(75)89-51-54(92-59(77)49-46-43-40-37-34-31-28-25-23-20-17-14-11-8-5-2)52-91-98(87,88)97-71-69(95-72-67(85)62(80)60(78)55(50-74)93-72)65(83)64(82)66(84)70(71)96-73-68(86)63(81)61(79)56(94-73)53-90-58(76)48-45-42-39-35-32-21-18-15-12-9-6-3/h54-56,60-74,78-86H,4-53H2,1-3H3,(H,87,88). The SMILES string of the molecule is CCCCCCCCCCCCCCCCCCCC(=O)OCC(COP(=O)(O)OC1C(OC2OC(CO)C(O)C(O)C2O)C(O)C(O)C(O)C1OC1OC(COC(=O)CCCCCCCCCCCCC)C(O)C(O)C1O)OC(=O)CCCCCCCCCCCCCCCCC. The van der Waals surface area contributed by atoms with Gasteiger partial charge in [0.15, 0.2) is 18.7 Å². The maximum Gasteiger partial charge on any atom is 0.472 e. The van der Waals surface area contributed by atoms with Crippen molar-refractivity contribution < 1.29 is 117 Å². The van der Waals surface area contributed by atoms with Gasteiger partial charge in [0.25, 0.3) is 0 Å². The molecule has 0 radical (unpaired) electrons. The van der Waals surface area contributed by atoms with Crippen molar-refractivity contribution in [2.24, 2.45) is 0 Å². The van der Waals surface area contributed by atoms with Gasteiger partial charge in [0.05, 0.1) is 13.2 Å². The first-order chi connectivity index (χ1) is 47.3. The van der Waals surface area contributed by atoms with E-state index < -0.39 is 156 Å². The van der Waals surface area contributed by atoms with Crippen LogP contribution in [0.3, 0.4) is 0 Å². The minimum atomic E-state index is -5.69. The Morgan fingerprint density at radius 3 is 1.00 bits per heavy atom. The molecule has 1 saturated carbocycles. The summed E-state index contributed by atoms with van der Waals surface area (Å²) in [6, 6.07) is 0. The fourth-order valence-corrected chi connectivity index (χ4v) is 14.0. The summed E-state index contributed by atoms with van der Waals surface area (Å²) in [7, 11) is -5.69. The first-order valence-electron chi connectivity index (χ1n) is 38.8. The third kappa shape index (κ3) is 38.1. The van der Waals surface area contributed by atoms with Crippen LogP contribution in [0.2, 0.25) is 0 Å². The summed E-state index contributed by atoms with van der Waals surface area (Å²) in [6.07, 6.45) is 13.1. The molecular formula is C73H137O24P. The van der Waals surface area contributed by atoms with Crippen LogP contribution in [0.25, 0.3) is 0 Å². The molecule has 0 aromatic rings. The Morgan fingerprint density at radius 2 is 0.653 bits per heavy atom. The van der Waals surface area contributed by atoms with Crippen molar-refractivity contribution in [1.82, 2.24) is 0 Å². The number of phosphoric ester groups is 1. The average Bonchev–Trinajstić information content (AvgIpc) is 0.765. The quantitative estimate of drug-likeness (QED) is 0.0117. The monoisotopic (exact) mass is 1430 g/mol. The van der Waals surface area contributed by atoms with E-state index in [1.54, 1.807) is 0 Å². The highest BCUT2D eigenvalue weighted by molar-refractivity contribution is 7.47. The second-order valence-electron chi connectivity index (χ2n) is 28.1. The van der Waals surface area contributed by atoms with Crippen molar-refractivity contribution in [2.75, 3.05) is 26.4 Å². The van der Waals surface area contributed by atoms with Crippen LogP contribution in [-0.4, -0.2) is 204 Å². The molecule has 2 saturated heterocycles. The predicted octanol–water partition coefficient (Wildman–Crippen LogP) is 11.0. The lowest BCUT2D eigenvalue weighted by atomic mass is 9.84. The van der Waals surface area contributed by atoms with Crippen LogP contribution in [0.1, 0.15) is 316 Å². The van der Waals surface area contributed by atoms with Gasteiger partial charge < -0.3 is 89.1 Å². The van der Waals surface area contributed by atoms with Crippen LogP contribution in [0.5, 0.6) is 0 Å². The van der Waals surface area contributed by atoms with Gasteiger partial charge in [0.1, 0.15) is 98.7 Å². The van der Waals surface area contributed by atoms with E-state index >= 15 is 0 Å². The van der Waals surface area contributed by atoms with E-state index in [1.165, 1.54) is 167 Å². The van der Waals surface area contributed by atoms with Gasteiger partial charge in [-0.1, -0.05) is 278 Å². The lowest BCUT2D eigenvalue weighted by Crippen LogP contribution is -2.69. The molecule has 3 aliphatic rings. The number of rotatable bonds is 61. The maximum absolute atomic E-state index is 14.3.